The minimum Gasteiger partial charge on any atom is -0.480 e. The lowest BCUT2D eigenvalue weighted by molar-refractivity contribution is -0.144. The SMILES string of the molecule is NC(=O)c1ccc(N2CCC(OCC(=O)O)CC2)cc1Cl. The summed E-state index contributed by atoms with van der Waals surface area (Å²) in [5.74, 6) is -1.50. The Morgan fingerprint density at radius 2 is 2.05 bits per heavy atom. The standard InChI is InChI=1S/C14H17ClN2O4/c15-12-7-9(1-2-11(12)14(16)20)17-5-3-10(4-6-17)21-8-13(18)19/h1-2,7,10H,3-6,8H2,(H2,16,20)(H,18,19). The largest absolute Gasteiger partial charge is 0.480 e. The molecule has 6 nitrogen and oxygen atoms in total. The number of amides is 1. The summed E-state index contributed by atoms with van der Waals surface area (Å²) in [7, 11) is 0. The molecule has 0 atom stereocenters. The van der Waals surface area contributed by atoms with Crippen molar-refractivity contribution in [2.75, 3.05) is 24.6 Å². The molecule has 3 N–H and O–H groups in total. The third-order valence-electron chi connectivity index (χ3n) is 3.47. The van der Waals surface area contributed by atoms with Crippen molar-refractivity contribution in [3.05, 3.63) is 28.8 Å². The lowest BCUT2D eigenvalue weighted by Gasteiger charge is -2.33. The number of carboxylic acids is 1. The Balaban J connectivity index is 1.94. The van der Waals surface area contributed by atoms with Gasteiger partial charge in [-0.05, 0) is 31.0 Å². The Bertz CT molecular complexity index is 542. The van der Waals surface area contributed by atoms with E-state index < -0.39 is 11.9 Å². The molecule has 1 aromatic carbocycles. The van der Waals surface area contributed by atoms with Gasteiger partial charge in [-0.2, -0.15) is 0 Å². The first-order valence-electron chi connectivity index (χ1n) is 6.65. The van der Waals surface area contributed by atoms with Crippen LogP contribution >= 0.6 is 11.6 Å². The van der Waals surface area contributed by atoms with Crippen LogP contribution in [0.25, 0.3) is 0 Å². The average molecular weight is 313 g/mol. The molecule has 1 aromatic rings. The summed E-state index contributed by atoms with van der Waals surface area (Å²) >= 11 is 6.04. The summed E-state index contributed by atoms with van der Waals surface area (Å²) < 4.78 is 5.29. The highest BCUT2D eigenvalue weighted by molar-refractivity contribution is 6.34. The number of ether oxygens (including phenoxy) is 1. The van der Waals surface area contributed by atoms with E-state index in [4.69, 9.17) is 27.2 Å². The Morgan fingerprint density at radius 3 is 2.57 bits per heavy atom. The summed E-state index contributed by atoms with van der Waals surface area (Å²) in [5, 5.41) is 8.92. The minimum absolute atomic E-state index is 0.0299. The van der Waals surface area contributed by atoms with Gasteiger partial charge in [-0.1, -0.05) is 11.6 Å². The number of carbonyl (C=O) groups is 2. The second-order valence-corrected chi connectivity index (χ2v) is 5.33. The van der Waals surface area contributed by atoms with Crippen molar-refractivity contribution < 1.29 is 19.4 Å². The van der Waals surface area contributed by atoms with Crippen molar-refractivity contribution in [1.29, 1.82) is 0 Å². The number of nitrogens with zero attached hydrogens (tertiary/aromatic N) is 1. The number of piperidine rings is 1. The van der Waals surface area contributed by atoms with Crippen LogP contribution in [0.5, 0.6) is 0 Å². The number of rotatable bonds is 5. The number of carboxylic acid groups (broad SMARTS) is 1. The predicted octanol–water partition coefficient (Wildman–Crippen LogP) is 1.51. The summed E-state index contributed by atoms with van der Waals surface area (Å²) in [6.45, 7) is 1.23. The third-order valence-corrected chi connectivity index (χ3v) is 3.78. The molecule has 1 heterocycles. The normalized spacial score (nSPS) is 16.0. The smallest absolute Gasteiger partial charge is 0.329 e. The monoisotopic (exact) mass is 312 g/mol. The maximum atomic E-state index is 11.1. The van der Waals surface area contributed by atoms with Crippen LogP contribution in [0.15, 0.2) is 18.2 Å². The molecular weight excluding hydrogens is 296 g/mol. The van der Waals surface area contributed by atoms with Crippen LogP contribution in [0.2, 0.25) is 5.02 Å². The zero-order valence-electron chi connectivity index (χ0n) is 11.4. The fraction of sp³-hybridized carbons (Fsp3) is 0.429. The van der Waals surface area contributed by atoms with E-state index in [2.05, 4.69) is 4.90 Å². The van der Waals surface area contributed by atoms with E-state index in [1.807, 2.05) is 6.07 Å². The van der Waals surface area contributed by atoms with Gasteiger partial charge in [0.25, 0.3) is 0 Å². The molecule has 1 amide bonds. The Labute approximate surface area is 127 Å². The van der Waals surface area contributed by atoms with E-state index in [9.17, 15) is 9.59 Å². The maximum Gasteiger partial charge on any atom is 0.329 e. The lowest BCUT2D eigenvalue weighted by atomic mass is 10.1. The highest BCUT2D eigenvalue weighted by Crippen LogP contribution is 2.26. The van der Waals surface area contributed by atoms with Gasteiger partial charge in [0.05, 0.1) is 16.7 Å². The van der Waals surface area contributed by atoms with Crippen LogP contribution in [-0.2, 0) is 9.53 Å². The molecule has 0 radical (unpaired) electrons. The molecule has 0 unspecified atom stereocenters. The number of halogens is 1. The van der Waals surface area contributed by atoms with Crippen LogP contribution in [0.1, 0.15) is 23.2 Å². The molecule has 1 saturated heterocycles. The van der Waals surface area contributed by atoms with Gasteiger partial charge in [0.2, 0.25) is 5.91 Å². The molecule has 7 heteroatoms. The number of primary amides is 1. The van der Waals surface area contributed by atoms with E-state index in [1.165, 1.54) is 0 Å². The van der Waals surface area contributed by atoms with Gasteiger partial charge in [-0.25, -0.2) is 4.79 Å². The Hall–Kier alpha value is -1.79. The predicted molar refractivity (Wildman–Crippen MR) is 78.8 cm³/mol. The average Bonchev–Trinajstić information content (AvgIpc) is 2.45. The Kier molecular flexibility index (Phi) is 5.03. The maximum absolute atomic E-state index is 11.1. The molecule has 114 valence electrons. The number of aliphatic carboxylic acids is 1. The van der Waals surface area contributed by atoms with E-state index >= 15 is 0 Å². The first kappa shape index (κ1) is 15.6. The van der Waals surface area contributed by atoms with Gasteiger partial charge in [0, 0.05) is 18.8 Å². The van der Waals surface area contributed by atoms with Crippen LogP contribution < -0.4 is 10.6 Å². The van der Waals surface area contributed by atoms with Gasteiger partial charge in [-0.3, -0.25) is 4.79 Å². The molecule has 1 aliphatic rings. The van der Waals surface area contributed by atoms with Crippen LogP contribution in [-0.4, -0.2) is 42.8 Å². The molecule has 2 rings (SSSR count). The topological polar surface area (TPSA) is 92.9 Å². The van der Waals surface area contributed by atoms with Crippen molar-refractivity contribution in [3.63, 3.8) is 0 Å². The first-order valence-corrected chi connectivity index (χ1v) is 7.03. The molecule has 0 aliphatic carbocycles. The fourth-order valence-electron chi connectivity index (χ4n) is 2.37. The summed E-state index contributed by atoms with van der Waals surface area (Å²) in [5.41, 5.74) is 6.44. The molecule has 0 bridgehead atoms. The van der Waals surface area contributed by atoms with E-state index in [-0.39, 0.29) is 12.7 Å². The number of nitrogens with two attached hydrogens (primary N) is 1. The Morgan fingerprint density at radius 1 is 1.38 bits per heavy atom. The fourth-order valence-corrected chi connectivity index (χ4v) is 2.64. The highest BCUT2D eigenvalue weighted by atomic mass is 35.5. The van der Waals surface area contributed by atoms with Crippen molar-refractivity contribution in [1.82, 2.24) is 0 Å². The van der Waals surface area contributed by atoms with Gasteiger partial charge in [-0.15, -0.1) is 0 Å². The number of anilines is 1. The second kappa shape index (κ2) is 6.78. The number of hydrogen-bond donors (Lipinski definition) is 2. The second-order valence-electron chi connectivity index (χ2n) is 4.92. The number of benzene rings is 1. The summed E-state index contributed by atoms with van der Waals surface area (Å²) in [4.78, 5) is 23.7. The van der Waals surface area contributed by atoms with Crippen LogP contribution in [0, 0.1) is 0 Å². The number of carbonyl (C=O) groups excluding carboxylic acids is 1. The summed E-state index contributed by atoms with van der Waals surface area (Å²) in [6, 6.07) is 5.15. The van der Waals surface area contributed by atoms with Crippen LogP contribution in [0.4, 0.5) is 5.69 Å². The molecule has 0 saturated carbocycles. The molecular formula is C14H17ClN2O4. The molecule has 0 aromatic heterocycles. The van der Waals surface area contributed by atoms with Crippen molar-refractivity contribution in [2.24, 2.45) is 5.73 Å². The van der Waals surface area contributed by atoms with Crippen molar-refractivity contribution >= 4 is 29.2 Å². The van der Waals surface area contributed by atoms with Crippen molar-refractivity contribution in [2.45, 2.75) is 18.9 Å². The van der Waals surface area contributed by atoms with E-state index in [1.54, 1.807) is 12.1 Å². The zero-order chi connectivity index (χ0) is 15.4. The van der Waals surface area contributed by atoms with Gasteiger partial charge >= 0.3 is 5.97 Å². The van der Waals surface area contributed by atoms with Gasteiger partial charge < -0.3 is 20.5 Å². The summed E-state index contributed by atoms with van der Waals surface area (Å²) in [6.07, 6.45) is 1.48. The van der Waals surface area contributed by atoms with Gasteiger partial charge in [0.15, 0.2) is 0 Å². The van der Waals surface area contributed by atoms with E-state index in [0.717, 1.165) is 31.6 Å². The molecule has 0 spiro atoms. The zero-order valence-corrected chi connectivity index (χ0v) is 12.2. The molecule has 1 aliphatic heterocycles. The van der Waals surface area contributed by atoms with Gasteiger partial charge in [0.1, 0.15) is 6.61 Å². The number of hydrogen-bond acceptors (Lipinski definition) is 4. The molecule has 1 fully saturated rings. The minimum atomic E-state index is -0.953. The quantitative estimate of drug-likeness (QED) is 0.859. The van der Waals surface area contributed by atoms with Crippen LogP contribution in [0.3, 0.4) is 0 Å². The van der Waals surface area contributed by atoms with Crippen molar-refractivity contribution in [3.8, 4) is 0 Å². The third kappa shape index (κ3) is 4.09. The highest BCUT2D eigenvalue weighted by Gasteiger charge is 2.21. The lowest BCUT2D eigenvalue weighted by Crippen LogP contribution is -2.37. The van der Waals surface area contributed by atoms with E-state index in [0.29, 0.717) is 10.6 Å². The molecule has 21 heavy (non-hydrogen) atoms. The first-order chi connectivity index (χ1) is 9.97.